The second-order valence-corrected chi connectivity index (χ2v) is 3.67. The summed E-state index contributed by atoms with van der Waals surface area (Å²) in [5.74, 6) is 0. The van der Waals surface area contributed by atoms with E-state index in [9.17, 15) is 4.79 Å². The first-order chi connectivity index (χ1) is 8.69. The zero-order valence-corrected chi connectivity index (χ0v) is 10.9. The van der Waals surface area contributed by atoms with E-state index in [0.717, 1.165) is 24.1 Å². The van der Waals surface area contributed by atoms with E-state index in [2.05, 4.69) is 4.98 Å². The second kappa shape index (κ2) is 6.59. The van der Waals surface area contributed by atoms with Crippen molar-refractivity contribution in [1.82, 2.24) is 9.38 Å². The van der Waals surface area contributed by atoms with Crippen LogP contribution in [0.4, 0.5) is 0 Å². The minimum absolute atomic E-state index is 0.0231. The highest BCUT2D eigenvalue weighted by atomic mass is 16.1. The lowest BCUT2D eigenvalue weighted by Gasteiger charge is -2.07. The molecule has 0 aromatic carbocycles. The van der Waals surface area contributed by atoms with E-state index in [1.54, 1.807) is 0 Å². The van der Waals surface area contributed by atoms with Gasteiger partial charge in [0.2, 0.25) is 0 Å². The van der Waals surface area contributed by atoms with Gasteiger partial charge in [0.15, 0.2) is 0 Å². The highest BCUT2D eigenvalue weighted by molar-refractivity contribution is 5.56. The van der Waals surface area contributed by atoms with Crippen LogP contribution in [0.3, 0.4) is 0 Å². The van der Waals surface area contributed by atoms with Crippen LogP contribution in [-0.4, -0.2) is 15.7 Å². The van der Waals surface area contributed by atoms with Crippen LogP contribution in [0.2, 0.25) is 0 Å². The molecule has 0 amide bonds. The molecule has 0 bridgehead atoms. The van der Waals surface area contributed by atoms with Gasteiger partial charge in [0.25, 0.3) is 5.56 Å². The zero-order chi connectivity index (χ0) is 13.5. The lowest BCUT2D eigenvalue weighted by Crippen LogP contribution is -2.14. The summed E-state index contributed by atoms with van der Waals surface area (Å²) in [6.07, 6.45) is 7.48. The smallest absolute Gasteiger partial charge is 0.272 e. The van der Waals surface area contributed by atoms with Crippen molar-refractivity contribution < 1.29 is 4.79 Å². The van der Waals surface area contributed by atoms with Crippen molar-refractivity contribution in [3.63, 3.8) is 0 Å². The molecule has 96 valence electrons. The fourth-order valence-corrected chi connectivity index (χ4v) is 1.79. The van der Waals surface area contributed by atoms with E-state index in [1.807, 2.05) is 48.7 Å². The van der Waals surface area contributed by atoms with Crippen LogP contribution >= 0.6 is 0 Å². The summed E-state index contributed by atoms with van der Waals surface area (Å²) >= 11 is 0. The summed E-state index contributed by atoms with van der Waals surface area (Å²) in [5, 5.41) is 0. The van der Waals surface area contributed by atoms with E-state index in [4.69, 9.17) is 4.79 Å². The van der Waals surface area contributed by atoms with Crippen molar-refractivity contribution in [1.29, 1.82) is 0 Å². The quantitative estimate of drug-likeness (QED) is 0.827. The van der Waals surface area contributed by atoms with E-state index < -0.39 is 0 Å². The maximum Gasteiger partial charge on any atom is 0.272 e. The van der Waals surface area contributed by atoms with Crippen molar-refractivity contribution in [2.75, 3.05) is 0 Å². The number of rotatable bonds is 2. The Kier molecular flexibility index (Phi) is 5.11. The fraction of sp³-hybridized carbons (Fsp3) is 0.286. The summed E-state index contributed by atoms with van der Waals surface area (Å²) < 4.78 is 1.93. The number of carbonyl (C=O) groups excluding carboxylic acids is 1. The summed E-state index contributed by atoms with van der Waals surface area (Å²) in [6.45, 7) is 5.45. The minimum Gasteiger partial charge on any atom is -0.322 e. The molecule has 0 aliphatic rings. The van der Waals surface area contributed by atoms with Crippen LogP contribution in [0.1, 0.15) is 32.2 Å². The molecule has 0 aliphatic heterocycles. The average molecular weight is 246 g/mol. The number of aryl methyl sites for hydroxylation is 1. The highest BCUT2D eigenvalue weighted by Gasteiger charge is 2.06. The zero-order valence-electron chi connectivity index (χ0n) is 10.9. The molecule has 2 aromatic rings. The number of aldehydes is 1. The van der Waals surface area contributed by atoms with Crippen LogP contribution in [0.5, 0.6) is 0 Å². The molecule has 0 atom stereocenters. The third kappa shape index (κ3) is 2.77. The maximum atomic E-state index is 11.7. The Bertz CT molecular complexity index is 606. The topological polar surface area (TPSA) is 54.3 Å². The number of nitrogens with zero attached hydrogens (tertiary/aromatic N) is 1. The Morgan fingerprint density at radius 1 is 1.39 bits per heavy atom. The lowest BCUT2D eigenvalue weighted by molar-refractivity contribution is -0.106. The van der Waals surface area contributed by atoms with Crippen molar-refractivity contribution in [3.05, 3.63) is 46.1 Å². The molecule has 0 saturated carbocycles. The number of allylic oxidation sites excluding steroid dienone is 1. The molecule has 18 heavy (non-hydrogen) atoms. The van der Waals surface area contributed by atoms with Crippen LogP contribution < -0.4 is 5.56 Å². The van der Waals surface area contributed by atoms with Gasteiger partial charge in [0.05, 0.1) is 5.69 Å². The van der Waals surface area contributed by atoms with Gasteiger partial charge in [-0.15, -0.1) is 0 Å². The SMILES string of the molecule is C/C=C\c1c(CC)[nH]c(=O)c2cccn12.CC=O. The number of aromatic amines is 1. The number of hydrogen-bond donors (Lipinski definition) is 1. The standard InChI is InChI=1S/C12H14N2O.C2H4O/c1-3-6-10-9(4-2)13-12(15)11-7-5-8-14(10)11;1-2-3/h3,5-8H,4H2,1-2H3,(H,13,15);2H,1H3/b6-3-;. The summed E-state index contributed by atoms with van der Waals surface area (Å²) in [4.78, 5) is 23.4. The summed E-state index contributed by atoms with van der Waals surface area (Å²) in [5.41, 5.74) is 2.70. The monoisotopic (exact) mass is 246 g/mol. The van der Waals surface area contributed by atoms with Crippen molar-refractivity contribution in [2.24, 2.45) is 0 Å². The first-order valence-corrected chi connectivity index (χ1v) is 5.94. The van der Waals surface area contributed by atoms with Crippen molar-refractivity contribution >= 4 is 17.9 Å². The van der Waals surface area contributed by atoms with Crippen molar-refractivity contribution in [3.8, 4) is 0 Å². The van der Waals surface area contributed by atoms with Gasteiger partial charge in [0.1, 0.15) is 11.8 Å². The lowest BCUT2D eigenvalue weighted by atomic mass is 10.2. The second-order valence-electron chi connectivity index (χ2n) is 3.67. The Hall–Kier alpha value is -2.10. The Balaban J connectivity index is 0.000000492. The van der Waals surface area contributed by atoms with Gasteiger partial charge in [0, 0.05) is 11.9 Å². The van der Waals surface area contributed by atoms with Gasteiger partial charge in [-0.25, -0.2) is 0 Å². The summed E-state index contributed by atoms with van der Waals surface area (Å²) in [6, 6.07) is 3.71. The van der Waals surface area contributed by atoms with E-state index in [-0.39, 0.29) is 5.56 Å². The minimum atomic E-state index is -0.0231. The van der Waals surface area contributed by atoms with Crippen LogP contribution in [0.25, 0.3) is 11.6 Å². The molecule has 4 heteroatoms. The fourth-order valence-electron chi connectivity index (χ4n) is 1.79. The molecule has 0 fully saturated rings. The Morgan fingerprint density at radius 2 is 2.06 bits per heavy atom. The number of aromatic nitrogens is 2. The number of fused-ring (bicyclic) bond motifs is 1. The molecule has 2 rings (SSSR count). The normalized spacial score (nSPS) is 10.4. The number of hydrogen-bond acceptors (Lipinski definition) is 2. The first kappa shape index (κ1) is 14.0. The molecule has 0 spiro atoms. The molecule has 0 saturated heterocycles. The van der Waals surface area contributed by atoms with Gasteiger partial charge >= 0.3 is 0 Å². The Morgan fingerprint density at radius 3 is 2.61 bits per heavy atom. The average Bonchev–Trinajstić information content (AvgIpc) is 2.83. The molecule has 0 unspecified atom stereocenters. The highest BCUT2D eigenvalue weighted by Crippen LogP contribution is 2.10. The molecule has 4 nitrogen and oxygen atoms in total. The molecular formula is C14H18N2O2. The van der Waals surface area contributed by atoms with Gasteiger partial charge in [-0.05, 0) is 38.5 Å². The van der Waals surface area contributed by atoms with E-state index in [0.29, 0.717) is 5.52 Å². The van der Waals surface area contributed by atoms with Crippen LogP contribution in [-0.2, 0) is 11.2 Å². The van der Waals surface area contributed by atoms with Gasteiger partial charge in [-0.1, -0.05) is 13.0 Å². The molecule has 0 radical (unpaired) electrons. The van der Waals surface area contributed by atoms with Crippen molar-refractivity contribution in [2.45, 2.75) is 27.2 Å². The van der Waals surface area contributed by atoms with E-state index >= 15 is 0 Å². The molecule has 1 N–H and O–H groups in total. The molecule has 2 heterocycles. The van der Waals surface area contributed by atoms with E-state index in [1.165, 1.54) is 6.92 Å². The van der Waals surface area contributed by atoms with Crippen LogP contribution in [0, 0.1) is 0 Å². The Labute approximate surface area is 106 Å². The van der Waals surface area contributed by atoms with Crippen LogP contribution in [0.15, 0.2) is 29.2 Å². The third-order valence-electron chi connectivity index (χ3n) is 2.49. The largest absolute Gasteiger partial charge is 0.322 e. The van der Waals surface area contributed by atoms with Gasteiger partial charge in [-0.3, -0.25) is 4.79 Å². The number of carbonyl (C=O) groups is 1. The predicted molar refractivity (Wildman–Crippen MR) is 73.8 cm³/mol. The molecule has 2 aromatic heterocycles. The summed E-state index contributed by atoms with van der Waals surface area (Å²) in [7, 11) is 0. The molecular weight excluding hydrogens is 228 g/mol. The predicted octanol–water partition coefficient (Wildman–Crippen LogP) is 2.43. The number of H-pyrrole nitrogens is 1. The van der Waals surface area contributed by atoms with Gasteiger partial charge in [-0.2, -0.15) is 0 Å². The first-order valence-electron chi connectivity index (χ1n) is 5.94. The third-order valence-corrected chi connectivity index (χ3v) is 2.49. The number of nitrogens with one attached hydrogen (secondary N) is 1. The van der Waals surface area contributed by atoms with Gasteiger partial charge < -0.3 is 14.2 Å². The maximum absolute atomic E-state index is 11.7. The molecule has 0 aliphatic carbocycles.